The highest BCUT2D eigenvalue weighted by molar-refractivity contribution is 5.84. The van der Waals surface area contributed by atoms with Crippen LogP contribution in [-0.2, 0) is 20.5 Å². The van der Waals surface area contributed by atoms with Crippen LogP contribution in [0.5, 0.6) is 0 Å². The van der Waals surface area contributed by atoms with Gasteiger partial charge in [-0.25, -0.2) is 23.4 Å². The van der Waals surface area contributed by atoms with E-state index in [2.05, 4.69) is 22.8 Å². The predicted octanol–water partition coefficient (Wildman–Crippen LogP) is -0.844. The molecule has 180 valence electrons. The predicted molar refractivity (Wildman–Crippen MR) is 107 cm³/mol. The van der Waals surface area contributed by atoms with Crippen LogP contribution in [-0.4, -0.2) is 13.1 Å². The van der Waals surface area contributed by atoms with Crippen molar-refractivity contribution >= 4 is 5.97 Å². The fourth-order valence-electron chi connectivity index (χ4n) is 5.85. The van der Waals surface area contributed by atoms with Crippen LogP contribution in [0.3, 0.4) is 0 Å². The fraction of sp³-hybridized carbons (Fsp3) is 0.200. The number of esters is 1. The first-order valence-electron chi connectivity index (χ1n) is 10.6. The van der Waals surface area contributed by atoms with Crippen molar-refractivity contribution in [3.05, 3.63) is 114 Å². The van der Waals surface area contributed by atoms with E-state index in [0.717, 1.165) is 27.9 Å². The van der Waals surface area contributed by atoms with E-state index in [1.54, 1.807) is 25.1 Å². The van der Waals surface area contributed by atoms with Gasteiger partial charge >= 0.3 is 5.97 Å². The summed E-state index contributed by atoms with van der Waals surface area (Å²) in [5.41, 5.74) is 3.69. The fourth-order valence-corrected chi connectivity index (χ4v) is 5.85. The van der Waals surface area contributed by atoms with Gasteiger partial charge in [0.25, 0.3) is 5.54 Å². The normalized spacial score (nSPS) is 21.3. The Morgan fingerprint density at radius 1 is 0.971 bits per heavy atom. The van der Waals surface area contributed by atoms with E-state index in [1.807, 2.05) is 42.6 Å². The van der Waals surface area contributed by atoms with Gasteiger partial charge in [0.15, 0.2) is 11.9 Å². The van der Waals surface area contributed by atoms with Crippen LogP contribution in [0.2, 0.25) is 0 Å². The molecule has 1 aliphatic carbocycles. The van der Waals surface area contributed by atoms with Gasteiger partial charge < -0.3 is 13.6 Å². The molecule has 0 fully saturated rings. The summed E-state index contributed by atoms with van der Waals surface area (Å²) in [4.78, 5) is 13.6. The minimum atomic E-state index is -4.94. The first-order valence-corrected chi connectivity index (χ1v) is 11.8. The van der Waals surface area contributed by atoms with Crippen molar-refractivity contribution in [3.8, 4) is 0 Å². The lowest BCUT2D eigenvalue weighted by molar-refractivity contribution is -2.00. The number of hydrogen-bond acceptors (Lipinski definition) is 8. The van der Waals surface area contributed by atoms with Gasteiger partial charge in [-0.2, -0.15) is 4.57 Å². The average molecular weight is 498 g/mol. The number of nitrogens with zero attached hydrogens (tertiary/aromatic N) is 1. The molecule has 35 heavy (non-hydrogen) atoms. The number of benzene rings is 1. The highest BCUT2D eigenvalue weighted by Crippen LogP contribution is 2.61. The molecule has 0 saturated carbocycles. The van der Waals surface area contributed by atoms with Crippen molar-refractivity contribution in [2.45, 2.75) is 23.3 Å². The maximum Gasteiger partial charge on any atom is 0.383 e. The summed E-state index contributed by atoms with van der Waals surface area (Å²) in [7, 11) is -3.49. The van der Waals surface area contributed by atoms with Crippen molar-refractivity contribution < 1.29 is 51.8 Å². The van der Waals surface area contributed by atoms with Gasteiger partial charge in [-0.1, -0.05) is 30.3 Å². The molecule has 4 aromatic rings. The van der Waals surface area contributed by atoms with E-state index in [0.29, 0.717) is 6.42 Å². The smallest absolute Gasteiger partial charge is 0.383 e. The van der Waals surface area contributed by atoms with Crippen LogP contribution in [0.15, 0.2) is 94.7 Å². The average Bonchev–Trinajstić information content (AvgIpc) is 3.57. The number of hydrogen-bond donors (Lipinski definition) is 0. The molecule has 0 radical (unpaired) electrons. The second-order valence-corrected chi connectivity index (χ2v) is 9.17. The number of rotatable bonds is 3. The third-order valence-corrected chi connectivity index (χ3v) is 6.94. The maximum atomic E-state index is 13.6. The van der Waals surface area contributed by atoms with Crippen LogP contribution in [0.1, 0.15) is 40.3 Å². The number of fused-ring (bicyclic) bond motifs is 1. The van der Waals surface area contributed by atoms with Crippen molar-refractivity contribution in [1.29, 1.82) is 0 Å². The third-order valence-electron chi connectivity index (χ3n) is 6.94. The molecular weight excluding hydrogens is 478 g/mol. The largest absolute Gasteiger partial charge is 0.472 e. The summed E-state index contributed by atoms with van der Waals surface area (Å²) < 4.78 is 52.6. The Labute approximate surface area is 202 Å². The lowest BCUT2D eigenvalue weighted by atomic mass is 9.50. The van der Waals surface area contributed by atoms with Gasteiger partial charge in [-0.3, -0.25) is 0 Å². The summed E-state index contributed by atoms with van der Waals surface area (Å²) in [5, 5.41) is 0. The van der Waals surface area contributed by atoms with Crippen molar-refractivity contribution in [1.82, 2.24) is 0 Å². The Hall–Kier alpha value is -3.47. The molecular formula is C25H20ClNO8. The number of ether oxygens (including phenoxy) is 1. The molecule has 0 saturated heterocycles. The second kappa shape index (κ2) is 8.33. The number of pyridine rings is 1. The zero-order valence-corrected chi connectivity index (χ0v) is 19.2. The van der Waals surface area contributed by atoms with Crippen LogP contribution in [0.4, 0.5) is 0 Å². The number of halogens is 1. The number of carbonyl (C=O) groups is 1. The quantitative estimate of drug-likeness (QED) is 0.262. The van der Waals surface area contributed by atoms with E-state index < -0.39 is 21.2 Å². The Morgan fingerprint density at radius 2 is 1.57 bits per heavy atom. The summed E-state index contributed by atoms with van der Waals surface area (Å²) >= 11 is 0. The molecule has 2 bridgehead atoms. The summed E-state index contributed by atoms with van der Waals surface area (Å²) in [6.45, 7) is 0. The molecule has 9 nitrogen and oxygen atoms in total. The van der Waals surface area contributed by atoms with E-state index in [9.17, 15) is 4.79 Å². The van der Waals surface area contributed by atoms with Crippen molar-refractivity contribution in [3.63, 3.8) is 0 Å². The SMILES string of the molecule is COC(=O)C12CC(c3ccoc3)(c3ccoc3)C(c3ccccc31)c1cccc[n+]12.[O-][Cl+3]([O-])([O-])[O-]. The number of carbonyl (C=O) groups excluding carboxylic acids is 1. The van der Waals surface area contributed by atoms with Crippen LogP contribution >= 0.6 is 0 Å². The molecule has 0 N–H and O–H groups in total. The molecule has 3 aliphatic rings. The van der Waals surface area contributed by atoms with E-state index >= 15 is 0 Å². The van der Waals surface area contributed by atoms with Crippen molar-refractivity contribution in [2.24, 2.45) is 0 Å². The molecule has 2 aliphatic heterocycles. The zero-order chi connectivity index (χ0) is 24.8. The molecule has 3 aromatic heterocycles. The Morgan fingerprint density at radius 3 is 2.14 bits per heavy atom. The van der Waals surface area contributed by atoms with Crippen LogP contribution in [0, 0.1) is 10.2 Å². The number of furan rings is 2. The molecule has 2 unspecified atom stereocenters. The third kappa shape index (κ3) is 3.48. The number of aromatic nitrogens is 1. The topological polar surface area (TPSA) is 149 Å². The van der Waals surface area contributed by atoms with E-state index in [4.69, 9.17) is 32.2 Å². The Kier molecular flexibility index (Phi) is 5.54. The molecule has 1 aromatic carbocycles. The summed E-state index contributed by atoms with van der Waals surface area (Å²) in [5.74, 6) is -0.293. The molecule has 5 heterocycles. The Bertz CT molecular complexity index is 1260. The lowest BCUT2D eigenvalue weighted by Crippen LogP contribution is -2.74. The van der Waals surface area contributed by atoms with Crippen molar-refractivity contribution in [2.75, 3.05) is 7.11 Å². The summed E-state index contributed by atoms with van der Waals surface area (Å²) in [6.07, 6.45) is 9.45. The molecule has 7 rings (SSSR count). The molecule has 0 amide bonds. The van der Waals surface area contributed by atoms with Gasteiger partial charge in [0, 0.05) is 35.2 Å². The second-order valence-electron chi connectivity index (χ2n) is 8.42. The van der Waals surface area contributed by atoms with E-state index in [1.165, 1.54) is 7.11 Å². The Balaban J connectivity index is 0.000000464. The highest BCUT2D eigenvalue weighted by Gasteiger charge is 2.70. The van der Waals surface area contributed by atoms with Gasteiger partial charge in [-0.05, 0) is 17.7 Å². The van der Waals surface area contributed by atoms with Gasteiger partial charge in [0.05, 0.1) is 43.5 Å². The highest BCUT2D eigenvalue weighted by atomic mass is 35.7. The lowest BCUT2D eigenvalue weighted by Gasteiger charge is -2.52. The first-order chi connectivity index (χ1) is 16.7. The number of methoxy groups -OCH3 is 1. The van der Waals surface area contributed by atoms with Crippen LogP contribution < -0.4 is 23.2 Å². The minimum Gasteiger partial charge on any atom is -0.472 e. The zero-order valence-electron chi connectivity index (χ0n) is 18.5. The van der Waals surface area contributed by atoms with Crippen LogP contribution in [0.25, 0.3) is 0 Å². The van der Waals surface area contributed by atoms with Gasteiger partial charge in [0.2, 0.25) is 0 Å². The minimum absolute atomic E-state index is 0.0170. The standard InChI is InChI=1S/C25H20NO4.ClHO4/c1-28-23(27)25-16-24(17-9-12-29-14-17,18-10-13-30-15-18)22(19-6-2-3-7-20(19)25)21-8-4-5-11-26(21)25;2-1(3,4)5/h2-15,22H,16H2,1H3;(H,2,3,4,5)/q+1;/p-1. The first kappa shape index (κ1) is 23.3. The van der Waals surface area contributed by atoms with E-state index in [-0.39, 0.29) is 11.9 Å². The maximum absolute atomic E-state index is 13.6. The summed E-state index contributed by atoms with van der Waals surface area (Å²) in [6, 6.07) is 18.3. The molecule has 0 spiro atoms. The van der Waals surface area contributed by atoms with Gasteiger partial charge in [0.1, 0.15) is 0 Å². The molecule has 2 atom stereocenters. The van der Waals surface area contributed by atoms with Gasteiger partial charge in [-0.15, -0.1) is 10.2 Å². The monoisotopic (exact) mass is 497 g/mol. The molecule has 10 heteroatoms.